The zero-order valence-corrected chi connectivity index (χ0v) is 22.6. The number of allylic oxidation sites excluding steroid dienone is 3. The number of rotatable bonds is 2. The fraction of sp³-hybridized carbons (Fsp3) is 0.556. The molecule has 0 saturated carbocycles. The number of epoxide rings is 1. The number of nitrogens with one attached hydrogen (secondary N) is 1. The second-order valence-electron chi connectivity index (χ2n) is 10.3. The van der Waals surface area contributed by atoms with Crippen LogP contribution in [-0.2, 0) is 25.4 Å². The zero-order chi connectivity index (χ0) is 27.0. The molecular formula is C27H35ClN2O7. The van der Waals surface area contributed by atoms with Crippen LogP contribution in [0.25, 0.3) is 0 Å². The van der Waals surface area contributed by atoms with Gasteiger partial charge >= 0.3 is 6.09 Å². The molecule has 0 aliphatic carbocycles. The van der Waals surface area contributed by atoms with Gasteiger partial charge in [-0.15, -0.1) is 0 Å². The summed E-state index contributed by atoms with van der Waals surface area (Å²) < 4.78 is 22.4. The van der Waals surface area contributed by atoms with Crippen molar-refractivity contribution in [3.63, 3.8) is 0 Å². The van der Waals surface area contributed by atoms with E-state index < -0.39 is 29.6 Å². The first kappa shape index (κ1) is 27.4. The smallest absolute Gasteiger partial charge is 0.409 e. The minimum atomic E-state index is -1.64. The Morgan fingerprint density at radius 3 is 2.73 bits per heavy atom. The zero-order valence-electron chi connectivity index (χ0n) is 21.9. The van der Waals surface area contributed by atoms with E-state index in [0.29, 0.717) is 35.7 Å². The molecule has 0 radical (unpaired) electrons. The van der Waals surface area contributed by atoms with Crippen molar-refractivity contribution in [3.8, 4) is 5.75 Å². The summed E-state index contributed by atoms with van der Waals surface area (Å²) in [5, 5.41) is 14.2. The highest BCUT2D eigenvalue weighted by molar-refractivity contribution is 6.35. The number of fused-ring (bicyclic) bond motifs is 5. The number of hydrogen-bond donors (Lipinski definition) is 2. The molecule has 37 heavy (non-hydrogen) atoms. The third-order valence-electron chi connectivity index (χ3n) is 7.39. The van der Waals surface area contributed by atoms with Gasteiger partial charge in [0.1, 0.15) is 23.0 Å². The summed E-state index contributed by atoms with van der Waals surface area (Å²) in [6, 6.07) is 3.75. The van der Waals surface area contributed by atoms with Crippen LogP contribution in [0.4, 0.5) is 10.5 Å². The number of methoxy groups -OCH3 is 2. The van der Waals surface area contributed by atoms with Gasteiger partial charge in [-0.2, -0.15) is 0 Å². The molecule has 3 aliphatic rings. The van der Waals surface area contributed by atoms with E-state index in [2.05, 4.69) is 5.32 Å². The highest BCUT2D eigenvalue weighted by Crippen LogP contribution is 2.45. The quantitative estimate of drug-likeness (QED) is 0.554. The lowest BCUT2D eigenvalue weighted by atomic mass is 9.91. The number of hydrogen-bond acceptors (Lipinski definition) is 7. The number of carbonyl (C=O) groups excluding carboxylic acids is 2. The van der Waals surface area contributed by atoms with Crippen molar-refractivity contribution in [3.05, 3.63) is 46.5 Å². The van der Waals surface area contributed by atoms with Crippen LogP contribution < -0.4 is 15.0 Å². The highest BCUT2D eigenvalue weighted by Gasteiger charge is 2.55. The molecule has 9 nitrogen and oxygen atoms in total. The normalized spacial score (nSPS) is 34.9. The number of nitrogens with zero attached hydrogens (tertiary/aromatic N) is 1. The number of halogens is 1. The van der Waals surface area contributed by atoms with E-state index in [1.54, 1.807) is 31.2 Å². The lowest BCUT2D eigenvalue weighted by Gasteiger charge is -2.40. The SMILES string of the molecule is COc1cc2cc(c1Cl)N(C)C(=O)CC[C@]1(C)OC1CC1C[C@@](O)(NC(=O)O1)[C@H](OC)/C=C/C=C(\C)C2. The lowest BCUT2D eigenvalue weighted by molar-refractivity contribution is -0.135. The van der Waals surface area contributed by atoms with Gasteiger partial charge in [-0.1, -0.05) is 35.4 Å². The van der Waals surface area contributed by atoms with Crippen LogP contribution in [0.1, 0.15) is 45.1 Å². The van der Waals surface area contributed by atoms with Crippen LogP contribution in [0.5, 0.6) is 5.75 Å². The summed E-state index contributed by atoms with van der Waals surface area (Å²) in [4.78, 5) is 27.0. The predicted octanol–water partition coefficient (Wildman–Crippen LogP) is 3.90. The Hall–Kier alpha value is -2.59. The molecule has 1 aromatic carbocycles. The standard InChI is InChI=1S/C27H35ClN2O7/c1-16-7-6-8-21(35-5)27(33)15-18(36-25(32)29-27)14-22-26(2,37-22)10-9-23(31)30(3)19-12-17(11-16)13-20(34-4)24(19)28/h6-8,12-13,18,21-22,33H,9-11,14-15H2,1-5H3,(H,29,32)/b8-6+,16-7+/t18?,21-,22?,26+,27+/m1/s1. The summed E-state index contributed by atoms with van der Waals surface area (Å²) >= 11 is 6.59. The fourth-order valence-corrected chi connectivity index (χ4v) is 5.40. The van der Waals surface area contributed by atoms with Crippen molar-refractivity contribution in [2.45, 2.75) is 75.6 Å². The number of amides is 2. The van der Waals surface area contributed by atoms with E-state index in [4.69, 9.17) is 30.5 Å². The Labute approximate surface area is 222 Å². The van der Waals surface area contributed by atoms with E-state index in [1.165, 1.54) is 7.11 Å². The molecule has 5 atom stereocenters. The number of alkyl carbamates (subject to hydrolysis) is 1. The Morgan fingerprint density at radius 2 is 2.03 bits per heavy atom. The predicted molar refractivity (Wildman–Crippen MR) is 139 cm³/mol. The van der Waals surface area contributed by atoms with Gasteiger partial charge in [0.25, 0.3) is 0 Å². The molecule has 202 valence electrons. The molecule has 3 heterocycles. The van der Waals surface area contributed by atoms with Gasteiger partial charge in [0.15, 0.2) is 5.72 Å². The minimum Gasteiger partial charge on any atom is -0.495 e. The van der Waals surface area contributed by atoms with Gasteiger partial charge in [-0.25, -0.2) is 4.79 Å². The molecule has 2 unspecified atom stereocenters. The second-order valence-corrected chi connectivity index (χ2v) is 10.6. The van der Waals surface area contributed by atoms with Crippen LogP contribution in [0.3, 0.4) is 0 Å². The molecule has 4 bridgehead atoms. The van der Waals surface area contributed by atoms with Crippen molar-refractivity contribution in [1.82, 2.24) is 5.32 Å². The van der Waals surface area contributed by atoms with E-state index in [-0.39, 0.29) is 24.9 Å². The van der Waals surface area contributed by atoms with Crippen molar-refractivity contribution < 1.29 is 33.6 Å². The number of anilines is 1. The molecule has 10 heteroatoms. The summed E-state index contributed by atoms with van der Waals surface area (Å²) in [6.45, 7) is 3.91. The maximum absolute atomic E-state index is 13.1. The Morgan fingerprint density at radius 1 is 1.27 bits per heavy atom. The first-order valence-corrected chi connectivity index (χ1v) is 12.7. The summed E-state index contributed by atoms with van der Waals surface area (Å²) in [6.07, 6.45) is 4.97. The maximum atomic E-state index is 13.1. The average molecular weight is 535 g/mol. The van der Waals surface area contributed by atoms with Crippen LogP contribution in [-0.4, -0.2) is 68.0 Å². The molecular weight excluding hydrogens is 500 g/mol. The first-order chi connectivity index (χ1) is 17.5. The molecule has 0 spiro atoms. The Bertz CT molecular complexity index is 1120. The summed E-state index contributed by atoms with van der Waals surface area (Å²) in [5.41, 5.74) is 0.349. The van der Waals surface area contributed by atoms with Gasteiger partial charge in [-0.05, 0) is 44.4 Å². The van der Waals surface area contributed by atoms with Gasteiger partial charge < -0.3 is 29.0 Å². The molecule has 4 rings (SSSR count). The molecule has 0 aromatic heterocycles. The van der Waals surface area contributed by atoms with Crippen LogP contribution >= 0.6 is 11.6 Å². The largest absolute Gasteiger partial charge is 0.495 e. The molecule has 2 amide bonds. The first-order valence-electron chi connectivity index (χ1n) is 12.4. The monoisotopic (exact) mass is 534 g/mol. The molecule has 2 N–H and O–H groups in total. The van der Waals surface area contributed by atoms with Crippen molar-refractivity contribution in [2.24, 2.45) is 0 Å². The third kappa shape index (κ3) is 5.95. The second kappa shape index (κ2) is 10.6. The van der Waals surface area contributed by atoms with Gasteiger partial charge in [0, 0.05) is 33.4 Å². The van der Waals surface area contributed by atoms with Gasteiger partial charge in [-0.3, -0.25) is 10.1 Å². The van der Waals surface area contributed by atoms with Gasteiger partial charge in [0.05, 0.1) is 24.5 Å². The third-order valence-corrected chi connectivity index (χ3v) is 7.77. The van der Waals surface area contributed by atoms with Crippen LogP contribution in [0.2, 0.25) is 5.02 Å². The molecule has 1 aromatic rings. The number of aliphatic hydroxyl groups is 1. The maximum Gasteiger partial charge on any atom is 0.409 e. The van der Waals surface area contributed by atoms with Crippen LogP contribution in [0, 0.1) is 0 Å². The van der Waals surface area contributed by atoms with Crippen molar-refractivity contribution in [1.29, 1.82) is 0 Å². The highest BCUT2D eigenvalue weighted by atomic mass is 35.5. The topological polar surface area (TPSA) is 110 Å². The van der Waals surface area contributed by atoms with Crippen molar-refractivity contribution >= 4 is 29.3 Å². The van der Waals surface area contributed by atoms with E-state index in [9.17, 15) is 14.7 Å². The Kier molecular flexibility index (Phi) is 7.90. The lowest BCUT2D eigenvalue weighted by Crippen LogP contribution is -2.62. The number of ether oxygens (including phenoxy) is 4. The minimum absolute atomic E-state index is 0.102. The molecule has 2 fully saturated rings. The summed E-state index contributed by atoms with van der Waals surface area (Å²) in [5.74, 6) is 0.389. The van der Waals surface area contributed by atoms with Gasteiger partial charge in [0.2, 0.25) is 5.91 Å². The summed E-state index contributed by atoms with van der Waals surface area (Å²) in [7, 11) is 4.73. The molecule has 3 aliphatic heterocycles. The number of carbonyl (C=O) groups is 2. The van der Waals surface area contributed by atoms with Crippen LogP contribution in [0.15, 0.2) is 35.9 Å². The Balaban J connectivity index is 1.69. The molecule has 2 saturated heterocycles. The van der Waals surface area contributed by atoms with Crippen molar-refractivity contribution in [2.75, 3.05) is 26.2 Å². The number of benzene rings is 1. The van der Waals surface area contributed by atoms with E-state index in [1.807, 2.05) is 32.1 Å². The van der Waals surface area contributed by atoms with E-state index in [0.717, 1.165) is 11.1 Å². The average Bonchev–Trinajstić information content (AvgIpc) is 3.48. The van der Waals surface area contributed by atoms with E-state index >= 15 is 0 Å². The fourth-order valence-electron chi connectivity index (χ4n) is 5.09.